The van der Waals surface area contributed by atoms with Crippen molar-refractivity contribution in [3.05, 3.63) is 11.1 Å². The molecule has 0 fully saturated rings. The second kappa shape index (κ2) is 7.72. The van der Waals surface area contributed by atoms with Gasteiger partial charge in [0.15, 0.2) is 17.4 Å². The first kappa shape index (κ1) is 17.1. The number of hydrogen-bond acceptors (Lipinski definition) is 6. The van der Waals surface area contributed by atoms with Crippen molar-refractivity contribution in [3.63, 3.8) is 0 Å². The van der Waals surface area contributed by atoms with Crippen molar-refractivity contribution in [1.29, 1.82) is 0 Å². The Bertz CT molecular complexity index is 527. The van der Waals surface area contributed by atoms with Crippen LogP contribution in [0.5, 0.6) is 0 Å². The van der Waals surface area contributed by atoms with Gasteiger partial charge in [-0.05, 0) is 12.8 Å². The van der Waals surface area contributed by atoms with Crippen LogP contribution in [-0.4, -0.2) is 35.4 Å². The summed E-state index contributed by atoms with van der Waals surface area (Å²) in [5.74, 6) is -1.04. The van der Waals surface area contributed by atoms with E-state index in [1.165, 1.54) is 12.3 Å². The molecule has 21 heavy (non-hydrogen) atoms. The zero-order valence-corrected chi connectivity index (χ0v) is 13.2. The van der Waals surface area contributed by atoms with Crippen molar-refractivity contribution in [1.82, 2.24) is 10.3 Å². The molecule has 7 nitrogen and oxygen atoms in total. The van der Waals surface area contributed by atoms with Crippen molar-refractivity contribution in [2.75, 3.05) is 11.9 Å². The lowest BCUT2D eigenvalue weighted by Crippen LogP contribution is -2.38. The number of nitrogens with one attached hydrogen (secondary N) is 2. The first-order valence-corrected chi connectivity index (χ1v) is 7.37. The molecule has 1 unspecified atom stereocenters. The Morgan fingerprint density at radius 2 is 2.00 bits per heavy atom. The molecule has 0 aliphatic rings. The molecular weight excluding hydrogens is 294 g/mol. The van der Waals surface area contributed by atoms with Gasteiger partial charge in [-0.3, -0.25) is 9.59 Å². The van der Waals surface area contributed by atoms with E-state index in [1.54, 1.807) is 0 Å². The topological polar surface area (TPSA) is 97.4 Å². The van der Waals surface area contributed by atoms with Crippen molar-refractivity contribution in [3.8, 4) is 0 Å². The fourth-order valence-electron chi connectivity index (χ4n) is 1.24. The van der Waals surface area contributed by atoms with E-state index in [4.69, 9.17) is 4.74 Å². The summed E-state index contributed by atoms with van der Waals surface area (Å²) in [4.78, 5) is 38.0. The van der Waals surface area contributed by atoms with E-state index in [0.29, 0.717) is 11.0 Å². The van der Waals surface area contributed by atoms with Crippen LogP contribution in [0.3, 0.4) is 0 Å². The van der Waals surface area contributed by atoms with E-state index >= 15 is 0 Å². The molecule has 2 N–H and O–H groups in total. The molecule has 0 saturated carbocycles. The van der Waals surface area contributed by atoms with Crippen molar-refractivity contribution >= 4 is 34.3 Å². The summed E-state index contributed by atoms with van der Waals surface area (Å²) < 4.78 is 4.87. The van der Waals surface area contributed by atoms with Gasteiger partial charge in [0.25, 0.3) is 5.91 Å². The minimum Gasteiger partial charge on any atom is -0.451 e. The highest BCUT2D eigenvalue weighted by atomic mass is 32.1. The predicted octanol–water partition coefficient (Wildman–Crippen LogP) is 1.42. The van der Waals surface area contributed by atoms with Gasteiger partial charge < -0.3 is 15.4 Å². The highest BCUT2D eigenvalue weighted by Gasteiger charge is 2.16. The van der Waals surface area contributed by atoms with E-state index < -0.39 is 5.97 Å². The molecule has 8 heteroatoms. The van der Waals surface area contributed by atoms with E-state index in [-0.39, 0.29) is 30.2 Å². The van der Waals surface area contributed by atoms with E-state index in [1.807, 2.05) is 20.8 Å². The lowest BCUT2D eigenvalue weighted by Gasteiger charge is -2.17. The van der Waals surface area contributed by atoms with Gasteiger partial charge in [0, 0.05) is 18.3 Å². The molecule has 0 spiro atoms. The molecule has 1 atom stereocenters. The highest BCUT2D eigenvalue weighted by Crippen LogP contribution is 2.15. The first-order valence-electron chi connectivity index (χ1n) is 6.49. The maximum Gasteiger partial charge on any atom is 0.358 e. The summed E-state index contributed by atoms with van der Waals surface area (Å²) in [5, 5.41) is 6.96. The van der Waals surface area contributed by atoms with Crippen LogP contribution in [0.25, 0.3) is 0 Å². The number of hydrogen-bond donors (Lipinski definition) is 2. The smallest absolute Gasteiger partial charge is 0.358 e. The number of aromatic nitrogens is 1. The average Bonchev–Trinajstić information content (AvgIpc) is 2.83. The van der Waals surface area contributed by atoms with E-state index in [2.05, 4.69) is 15.6 Å². The standard InChI is InChI=1S/C13H19N3O4S/c1-7(2)8(3)14-11(18)5-20-12(19)10-6-21-13(16-10)15-9(4)17/h6-8H,5H2,1-4H3,(H,14,18)(H,15,16,17). The Morgan fingerprint density at radius 3 is 2.57 bits per heavy atom. The Balaban J connectivity index is 2.45. The number of rotatable bonds is 6. The van der Waals surface area contributed by atoms with Gasteiger partial charge in [0.1, 0.15) is 0 Å². The Morgan fingerprint density at radius 1 is 1.33 bits per heavy atom. The summed E-state index contributed by atoms with van der Waals surface area (Å²) in [6.45, 7) is 6.83. The second-order valence-electron chi connectivity index (χ2n) is 4.90. The minimum absolute atomic E-state index is 0.00171. The molecule has 1 aromatic rings. The van der Waals surface area contributed by atoms with Gasteiger partial charge in [0.05, 0.1) is 0 Å². The third-order valence-corrected chi connectivity index (χ3v) is 3.48. The van der Waals surface area contributed by atoms with Crippen LogP contribution >= 0.6 is 11.3 Å². The quantitative estimate of drug-likeness (QED) is 0.774. The molecule has 0 bridgehead atoms. The summed E-state index contributed by atoms with van der Waals surface area (Å²) in [6, 6.07) is 0.00171. The number of nitrogens with zero attached hydrogens (tertiary/aromatic N) is 1. The van der Waals surface area contributed by atoms with Crippen LogP contribution in [-0.2, 0) is 14.3 Å². The van der Waals surface area contributed by atoms with Crippen LogP contribution in [0.4, 0.5) is 5.13 Å². The summed E-state index contributed by atoms with van der Waals surface area (Å²) >= 11 is 1.11. The number of ether oxygens (including phenoxy) is 1. The molecule has 1 heterocycles. The fraction of sp³-hybridized carbons (Fsp3) is 0.538. The van der Waals surface area contributed by atoms with Crippen LogP contribution in [0, 0.1) is 5.92 Å². The number of amides is 2. The maximum absolute atomic E-state index is 11.7. The lowest BCUT2D eigenvalue weighted by atomic mass is 10.1. The lowest BCUT2D eigenvalue weighted by molar-refractivity contribution is -0.125. The molecule has 0 aliphatic carbocycles. The number of anilines is 1. The molecule has 0 aliphatic heterocycles. The SMILES string of the molecule is CC(=O)Nc1nc(C(=O)OCC(=O)NC(C)C(C)C)cs1. The normalized spacial score (nSPS) is 11.9. The van der Waals surface area contributed by atoms with Crippen LogP contribution < -0.4 is 10.6 Å². The van der Waals surface area contributed by atoms with Gasteiger partial charge in [0.2, 0.25) is 5.91 Å². The number of esters is 1. The van der Waals surface area contributed by atoms with Crippen LogP contribution in [0.15, 0.2) is 5.38 Å². The van der Waals surface area contributed by atoms with E-state index in [9.17, 15) is 14.4 Å². The molecule has 0 saturated heterocycles. The molecule has 2 amide bonds. The molecule has 1 aromatic heterocycles. The largest absolute Gasteiger partial charge is 0.451 e. The minimum atomic E-state index is -0.699. The van der Waals surface area contributed by atoms with Gasteiger partial charge in [-0.2, -0.15) is 0 Å². The Kier molecular flexibility index (Phi) is 6.29. The van der Waals surface area contributed by atoms with Crippen LogP contribution in [0.1, 0.15) is 38.2 Å². The maximum atomic E-state index is 11.7. The molecule has 116 valence electrons. The number of thiazole rings is 1. The van der Waals surface area contributed by atoms with Gasteiger partial charge in [-0.25, -0.2) is 9.78 Å². The fourth-order valence-corrected chi connectivity index (χ4v) is 1.97. The Hall–Kier alpha value is -1.96. The van der Waals surface area contributed by atoms with Gasteiger partial charge in [-0.1, -0.05) is 13.8 Å². The van der Waals surface area contributed by atoms with Crippen molar-refractivity contribution < 1.29 is 19.1 Å². The molecule has 1 rings (SSSR count). The third kappa shape index (κ3) is 5.90. The molecular formula is C13H19N3O4S. The predicted molar refractivity (Wildman–Crippen MR) is 79.1 cm³/mol. The summed E-state index contributed by atoms with van der Waals surface area (Å²) in [5.41, 5.74) is 0.0634. The molecule has 0 aromatic carbocycles. The van der Waals surface area contributed by atoms with Gasteiger partial charge in [-0.15, -0.1) is 11.3 Å². The highest BCUT2D eigenvalue weighted by molar-refractivity contribution is 7.14. The number of carbonyl (C=O) groups is 3. The van der Waals surface area contributed by atoms with Crippen LogP contribution in [0.2, 0.25) is 0 Å². The third-order valence-electron chi connectivity index (χ3n) is 2.72. The van der Waals surface area contributed by atoms with Gasteiger partial charge >= 0.3 is 5.97 Å². The van der Waals surface area contributed by atoms with Crippen molar-refractivity contribution in [2.24, 2.45) is 5.92 Å². The first-order chi connectivity index (χ1) is 9.79. The second-order valence-corrected chi connectivity index (χ2v) is 5.75. The summed E-state index contributed by atoms with van der Waals surface area (Å²) in [6.07, 6.45) is 0. The average molecular weight is 313 g/mol. The monoisotopic (exact) mass is 313 g/mol. The van der Waals surface area contributed by atoms with Crippen molar-refractivity contribution in [2.45, 2.75) is 33.7 Å². The zero-order valence-electron chi connectivity index (χ0n) is 12.4. The Labute approximate surface area is 127 Å². The van der Waals surface area contributed by atoms with E-state index in [0.717, 1.165) is 11.3 Å². The molecule has 0 radical (unpaired) electrons. The zero-order chi connectivity index (χ0) is 16.0. The number of carbonyl (C=O) groups excluding carboxylic acids is 3. The summed E-state index contributed by atoms with van der Waals surface area (Å²) in [7, 11) is 0.